The van der Waals surface area contributed by atoms with Crippen molar-refractivity contribution in [2.75, 3.05) is 5.32 Å². The second kappa shape index (κ2) is 9.68. The Hall–Kier alpha value is -3.41. The fourth-order valence-corrected chi connectivity index (χ4v) is 4.55. The third-order valence-electron chi connectivity index (χ3n) is 6.28. The number of amides is 2. The van der Waals surface area contributed by atoms with E-state index in [0.29, 0.717) is 12.1 Å². The lowest BCUT2D eigenvalue weighted by atomic mass is 9.89. The second-order valence-electron chi connectivity index (χ2n) is 8.78. The number of esters is 1. The minimum Gasteiger partial charge on any atom is -0.434 e. The van der Waals surface area contributed by atoms with Crippen molar-refractivity contribution in [1.82, 2.24) is 10.2 Å². The second-order valence-corrected chi connectivity index (χ2v) is 8.78. The first kappa shape index (κ1) is 24.7. The van der Waals surface area contributed by atoms with Crippen LogP contribution in [-0.2, 0) is 30.1 Å². The number of hydrogen-bond acceptors (Lipinski definition) is 7. The SMILES string of the molecule is O=C1C[C@@H]2CC=CC[C@H](Nc3ccc(C(F)(F)F)cc3)C(=O)N2[C@H](C(=O)NC2CC(=O)OC2O)C1. The predicted molar refractivity (Wildman–Crippen MR) is 115 cm³/mol. The van der Waals surface area contributed by atoms with Crippen LogP contribution in [0.25, 0.3) is 0 Å². The van der Waals surface area contributed by atoms with Crippen LogP contribution in [0, 0.1) is 0 Å². The van der Waals surface area contributed by atoms with E-state index in [2.05, 4.69) is 15.4 Å². The van der Waals surface area contributed by atoms with E-state index in [9.17, 15) is 37.5 Å². The number of fused-ring (bicyclic) bond motifs is 1. The quantitative estimate of drug-likeness (QED) is 0.427. The Labute approximate surface area is 198 Å². The number of carbonyl (C=O) groups is 4. The molecule has 3 heterocycles. The summed E-state index contributed by atoms with van der Waals surface area (Å²) in [6.07, 6.45) is -2.32. The molecule has 3 N–H and O–H groups in total. The number of hydrogen-bond donors (Lipinski definition) is 3. The summed E-state index contributed by atoms with van der Waals surface area (Å²) in [5, 5.41) is 15.2. The van der Waals surface area contributed by atoms with Gasteiger partial charge in [-0.25, -0.2) is 0 Å². The first-order chi connectivity index (χ1) is 16.5. The number of carbonyl (C=O) groups excluding carboxylic acids is 4. The Morgan fingerprint density at radius 2 is 1.71 bits per heavy atom. The molecule has 12 heteroatoms. The van der Waals surface area contributed by atoms with Crippen LogP contribution >= 0.6 is 0 Å². The number of aliphatic hydroxyl groups excluding tert-OH is 1. The molecule has 1 aromatic carbocycles. The van der Waals surface area contributed by atoms with Gasteiger partial charge in [0, 0.05) is 24.6 Å². The Kier molecular flexibility index (Phi) is 6.84. The number of rotatable bonds is 4. The van der Waals surface area contributed by atoms with E-state index in [1.807, 2.05) is 0 Å². The minimum atomic E-state index is -4.49. The van der Waals surface area contributed by atoms with Crippen LogP contribution in [0.2, 0.25) is 0 Å². The molecule has 0 saturated carbocycles. The van der Waals surface area contributed by atoms with Crippen molar-refractivity contribution in [3.05, 3.63) is 42.0 Å². The Morgan fingerprint density at radius 1 is 1.03 bits per heavy atom. The largest absolute Gasteiger partial charge is 0.434 e. The normalized spacial score (nSPS) is 29.2. The molecule has 3 aliphatic rings. The smallest absolute Gasteiger partial charge is 0.416 e. The zero-order chi connectivity index (χ0) is 25.3. The standard InChI is InChI=1S/C23H24F3N3O6/c24-23(25,26)12-5-7-13(8-6-12)27-16-4-2-1-3-14-9-15(30)10-18(29(14)21(16)33)20(32)28-17-11-19(31)35-22(17)34/h1-2,5-8,14,16-18,22,27,34H,3-4,9-11H2,(H,28,32)/t14-,16-,17?,18-,22?/m0/s1. The number of aliphatic hydroxyl groups is 1. The molecule has 0 radical (unpaired) electrons. The highest BCUT2D eigenvalue weighted by atomic mass is 19.4. The fourth-order valence-electron chi connectivity index (χ4n) is 4.55. The maximum absolute atomic E-state index is 13.6. The van der Waals surface area contributed by atoms with Gasteiger partial charge in [0.2, 0.25) is 18.1 Å². The van der Waals surface area contributed by atoms with E-state index in [1.165, 1.54) is 17.0 Å². The van der Waals surface area contributed by atoms with E-state index >= 15 is 0 Å². The van der Waals surface area contributed by atoms with Gasteiger partial charge in [0.15, 0.2) is 0 Å². The van der Waals surface area contributed by atoms with Crippen molar-refractivity contribution < 1.29 is 42.2 Å². The maximum atomic E-state index is 13.6. The molecule has 4 rings (SSSR count). The summed E-state index contributed by atoms with van der Waals surface area (Å²) < 4.78 is 43.2. The number of alkyl halides is 3. The third kappa shape index (κ3) is 5.47. The topological polar surface area (TPSA) is 125 Å². The van der Waals surface area contributed by atoms with E-state index in [4.69, 9.17) is 0 Å². The lowest BCUT2D eigenvalue weighted by molar-refractivity contribution is -0.156. The number of ketones is 1. The van der Waals surface area contributed by atoms with Crippen molar-refractivity contribution in [2.24, 2.45) is 0 Å². The van der Waals surface area contributed by atoms with Crippen LogP contribution in [-0.4, -0.2) is 64.0 Å². The predicted octanol–water partition coefficient (Wildman–Crippen LogP) is 1.51. The molecule has 2 fully saturated rings. The monoisotopic (exact) mass is 495 g/mol. The molecule has 3 aliphatic heterocycles. The van der Waals surface area contributed by atoms with E-state index in [1.54, 1.807) is 12.2 Å². The summed E-state index contributed by atoms with van der Waals surface area (Å²) in [5.41, 5.74) is -0.532. The zero-order valence-corrected chi connectivity index (χ0v) is 18.5. The summed E-state index contributed by atoms with van der Waals surface area (Å²) >= 11 is 0. The molecular formula is C23H24F3N3O6. The summed E-state index contributed by atoms with van der Waals surface area (Å²) in [4.78, 5) is 51.8. The van der Waals surface area contributed by atoms with Gasteiger partial charge in [-0.1, -0.05) is 12.2 Å². The summed E-state index contributed by atoms with van der Waals surface area (Å²) in [5.74, 6) is -2.07. The van der Waals surface area contributed by atoms with Gasteiger partial charge in [-0.15, -0.1) is 0 Å². The molecule has 0 bridgehead atoms. The van der Waals surface area contributed by atoms with Crippen LogP contribution < -0.4 is 10.6 Å². The van der Waals surface area contributed by atoms with Crippen LogP contribution in [0.1, 0.15) is 37.7 Å². The van der Waals surface area contributed by atoms with Crippen LogP contribution in [0.5, 0.6) is 0 Å². The average Bonchev–Trinajstić information content (AvgIpc) is 3.10. The summed E-state index contributed by atoms with van der Waals surface area (Å²) in [6, 6.07) is 0.602. The van der Waals surface area contributed by atoms with E-state index < -0.39 is 60.0 Å². The molecule has 2 unspecified atom stereocenters. The summed E-state index contributed by atoms with van der Waals surface area (Å²) in [6.45, 7) is 0. The van der Waals surface area contributed by atoms with Crippen molar-refractivity contribution in [3.8, 4) is 0 Å². The van der Waals surface area contributed by atoms with E-state index in [-0.39, 0.29) is 31.5 Å². The van der Waals surface area contributed by atoms with Crippen LogP contribution in [0.4, 0.5) is 18.9 Å². The lowest BCUT2D eigenvalue weighted by Crippen LogP contribution is -2.62. The van der Waals surface area contributed by atoms with Crippen LogP contribution in [0.15, 0.2) is 36.4 Å². The Balaban J connectivity index is 1.55. The number of Topliss-reactive ketones (excluding diaryl/α,β-unsaturated/α-hetero) is 1. The molecule has 2 saturated heterocycles. The molecule has 9 nitrogen and oxygen atoms in total. The van der Waals surface area contributed by atoms with Crippen molar-refractivity contribution in [3.63, 3.8) is 0 Å². The summed E-state index contributed by atoms with van der Waals surface area (Å²) in [7, 11) is 0. The molecule has 0 spiro atoms. The highest BCUT2D eigenvalue weighted by Gasteiger charge is 2.45. The van der Waals surface area contributed by atoms with Crippen LogP contribution in [0.3, 0.4) is 0 Å². The van der Waals surface area contributed by atoms with Gasteiger partial charge in [-0.2, -0.15) is 13.2 Å². The molecule has 0 aliphatic carbocycles. The highest BCUT2D eigenvalue weighted by molar-refractivity contribution is 5.97. The number of nitrogens with zero attached hydrogens (tertiary/aromatic N) is 1. The van der Waals surface area contributed by atoms with E-state index in [0.717, 1.165) is 12.1 Å². The molecule has 188 valence electrons. The van der Waals surface area contributed by atoms with Gasteiger partial charge in [0.05, 0.1) is 12.0 Å². The number of benzene rings is 1. The number of cyclic esters (lactones) is 1. The minimum absolute atomic E-state index is 0.0561. The molecule has 1 aromatic rings. The zero-order valence-electron chi connectivity index (χ0n) is 18.5. The van der Waals surface area contributed by atoms with Gasteiger partial charge in [-0.3, -0.25) is 19.2 Å². The lowest BCUT2D eigenvalue weighted by Gasteiger charge is -2.43. The van der Waals surface area contributed by atoms with Crippen molar-refractivity contribution >= 4 is 29.3 Å². The van der Waals surface area contributed by atoms with Gasteiger partial charge in [0.1, 0.15) is 23.9 Å². The molecule has 35 heavy (non-hydrogen) atoms. The number of halogens is 3. The average molecular weight is 495 g/mol. The molecule has 0 aromatic heterocycles. The Morgan fingerprint density at radius 3 is 2.34 bits per heavy atom. The van der Waals surface area contributed by atoms with Gasteiger partial charge < -0.3 is 25.4 Å². The van der Waals surface area contributed by atoms with Gasteiger partial charge >= 0.3 is 12.1 Å². The van der Waals surface area contributed by atoms with Crippen molar-refractivity contribution in [2.45, 2.75) is 68.7 Å². The Bertz CT molecular complexity index is 1040. The first-order valence-electron chi connectivity index (χ1n) is 11.1. The van der Waals surface area contributed by atoms with Gasteiger partial charge in [0.25, 0.3) is 0 Å². The maximum Gasteiger partial charge on any atom is 0.416 e. The first-order valence-corrected chi connectivity index (χ1v) is 11.1. The number of anilines is 1. The highest BCUT2D eigenvalue weighted by Crippen LogP contribution is 2.31. The van der Waals surface area contributed by atoms with Gasteiger partial charge in [-0.05, 0) is 37.1 Å². The molecule has 5 atom stereocenters. The number of piperidine rings is 1. The molecule has 2 amide bonds. The fraction of sp³-hybridized carbons (Fsp3) is 0.478. The number of ether oxygens (including phenoxy) is 1. The third-order valence-corrected chi connectivity index (χ3v) is 6.28. The number of nitrogens with one attached hydrogen (secondary N) is 2. The molecular weight excluding hydrogens is 471 g/mol. The van der Waals surface area contributed by atoms with Crippen molar-refractivity contribution in [1.29, 1.82) is 0 Å².